The van der Waals surface area contributed by atoms with Crippen LogP contribution in [0.15, 0.2) is 18.2 Å². The predicted molar refractivity (Wildman–Crippen MR) is 77.8 cm³/mol. The molecule has 1 atom stereocenters. The van der Waals surface area contributed by atoms with Crippen LogP contribution in [0.4, 0.5) is 0 Å². The van der Waals surface area contributed by atoms with E-state index >= 15 is 0 Å². The highest BCUT2D eigenvalue weighted by Crippen LogP contribution is 2.21. The van der Waals surface area contributed by atoms with Crippen molar-refractivity contribution in [3.05, 3.63) is 29.3 Å². The molecule has 1 amide bonds. The van der Waals surface area contributed by atoms with Gasteiger partial charge in [-0.1, -0.05) is 12.1 Å². The maximum atomic E-state index is 12.1. The third kappa shape index (κ3) is 3.31. The number of hydrogen-bond acceptors (Lipinski definition) is 3. The lowest BCUT2D eigenvalue weighted by molar-refractivity contribution is -0.133. The van der Waals surface area contributed by atoms with Gasteiger partial charge in [0, 0.05) is 6.54 Å². The minimum Gasteiger partial charge on any atom is -0.493 e. The van der Waals surface area contributed by atoms with Crippen LogP contribution in [0.1, 0.15) is 30.4 Å². The Labute approximate surface area is 120 Å². The molecule has 1 aliphatic heterocycles. The molecule has 0 bridgehead atoms. The maximum Gasteiger partial charge on any atom is 0.226 e. The lowest BCUT2D eigenvalue weighted by atomic mass is 10.1. The van der Waals surface area contributed by atoms with Gasteiger partial charge in [-0.2, -0.15) is 0 Å². The third-order valence-corrected chi connectivity index (χ3v) is 4.04. The van der Waals surface area contributed by atoms with Crippen LogP contribution in [0.5, 0.6) is 5.75 Å². The van der Waals surface area contributed by atoms with Crippen LogP contribution in [-0.2, 0) is 4.79 Å². The van der Waals surface area contributed by atoms with Gasteiger partial charge in [0.05, 0.1) is 25.7 Å². The van der Waals surface area contributed by atoms with E-state index in [9.17, 15) is 9.90 Å². The SMILES string of the molecule is Cc1cccc(OCCC(=O)N2CCC[C@H]2CO)c1C. The van der Waals surface area contributed by atoms with Crippen molar-refractivity contribution in [1.82, 2.24) is 4.90 Å². The Morgan fingerprint density at radius 3 is 3.00 bits per heavy atom. The van der Waals surface area contributed by atoms with E-state index in [1.165, 1.54) is 5.56 Å². The molecule has 4 heteroatoms. The van der Waals surface area contributed by atoms with Gasteiger partial charge >= 0.3 is 0 Å². The third-order valence-electron chi connectivity index (χ3n) is 4.04. The highest BCUT2D eigenvalue weighted by atomic mass is 16.5. The molecule has 0 aromatic heterocycles. The first kappa shape index (κ1) is 14.9. The van der Waals surface area contributed by atoms with Crippen molar-refractivity contribution >= 4 is 5.91 Å². The summed E-state index contributed by atoms with van der Waals surface area (Å²) in [5.41, 5.74) is 2.31. The predicted octanol–water partition coefficient (Wildman–Crippen LogP) is 2.06. The molecule has 0 saturated carbocycles. The molecule has 1 saturated heterocycles. The smallest absolute Gasteiger partial charge is 0.226 e. The van der Waals surface area contributed by atoms with Gasteiger partial charge in [0.1, 0.15) is 5.75 Å². The van der Waals surface area contributed by atoms with Crippen molar-refractivity contribution in [2.24, 2.45) is 0 Å². The highest BCUT2D eigenvalue weighted by molar-refractivity contribution is 5.77. The number of rotatable bonds is 5. The van der Waals surface area contributed by atoms with Crippen molar-refractivity contribution in [3.63, 3.8) is 0 Å². The van der Waals surface area contributed by atoms with E-state index in [4.69, 9.17) is 4.74 Å². The van der Waals surface area contributed by atoms with Crippen LogP contribution in [0.25, 0.3) is 0 Å². The molecule has 1 aromatic rings. The Bertz CT molecular complexity index is 473. The minimum atomic E-state index is 0.00297. The Morgan fingerprint density at radius 2 is 2.25 bits per heavy atom. The molecule has 0 radical (unpaired) electrons. The van der Waals surface area contributed by atoms with Crippen molar-refractivity contribution in [2.75, 3.05) is 19.8 Å². The molecule has 4 nitrogen and oxygen atoms in total. The zero-order chi connectivity index (χ0) is 14.5. The number of hydrogen-bond donors (Lipinski definition) is 1. The van der Waals surface area contributed by atoms with Crippen LogP contribution >= 0.6 is 0 Å². The molecular formula is C16H23NO3. The zero-order valence-electron chi connectivity index (χ0n) is 12.3. The van der Waals surface area contributed by atoms with Gasteiger partial charge in [0.25, 0.3) is 0 Å². The maximum absolute atomic E-state index is 12.1. The van der Waals surface area contributed by atoms with Gasteiger partial charge in [-0.25, -0.2) is 0 Å². The van der Waals surface area contributed by atoms with E-state index in [-0.39, 0.29) is 18.6 Å². The number of amides is 1. The Morgan fingerprint density at radius 1 is 1.45 bits per heavy atom. The number of aryl methyl sites for hydroxylation is 1. The number of aliphatic hydroxyl groups excluding tert-OH is 1. The zero-order valence-corrected chi connectivity index (χ0v) is 12.3. The van der Waals surface area contributed by atoms with Crippen LogP contribution in [0.2, 0.25) is 0 Å². The van der Waals surface area contributed by atoms with E-state index in [0.717, 1.165) is 30.7 Å². The second kappa shape index (κ2) is 6.75. The summed E-state index contributed by atoms with van der Waals surface area (Å²) in [5, 5.41) is 9.23. The molecule has 0 spiro atoms. The van der Waals surface area contributed by atoms with Crippen molar-refractivity contribution in [3.8, 4) is 5.75 Å². The largest absolute Gasteiger partial charge is 0.493 e. The highest BCUT2D eigenvalue weighted by Gasteiger charge is 2.27. The Hall–Kier alpha value is -1.55. The average Bonchev–Trinajstić information content (AvgIpc) is 2.92. The molecule has 1 aliphatic rings. The van der Waals surface area contributed by atoms with E-state index in [2.05, 4.69) is 0 Å². The summed E-state index contributed by atoms with van der Waals surface area (Å²) in [4.78, 5) is 13.9. The first-order valence-corrected chi connectivity index (χ1v) is 7.23. The molecule has 0 aliphatic carbocycles. The number of aliphatic hydroxyl groups is 1. The van der Waals surface area contributed by atoms with Crippen molar-refractivity contribution in [2.45, 2.75) is 39.2 Å². The van der Waals surface area contributed by atoms with E-state index in [1.807, 2.05) is 32.0 Å². The van der Waals surface area contributed by atoms with Crippen LogP contribution in [-0.4, -0.2) is 41.7 Å². The van der Waals surface area contributed by atoms with Crippen LogP contribution in [0.3, 0.4) is 0 Å². The Balaban J connectivity index is 1.84. The van der Waals surface area contributed by atoms with Gasteiger partial charge in [-0.15, -0.1) is 0 Å². The van der Waals surface area contributed by atoms with E-state index < -0.39 is 0 Å². The number of benzene rings is 1. The molecule has 1 fully saturated rings. The first-order valence-electron chi connectivity index (χ1n) is 7.23. The van der Waals surface area contributed by atoms with Gasteiger partial charge in [-0.05, 0) is 43.9 Å². The fourth-order valence-corrected chi connectivity index (χ4v) is 2.63. The summed E-state index contributed by atoms with van der Waals surface area (Å²) < 4.78 is 5.71. The fraction of sp³-hybridized carbons (Fsp3) is 0.562. The van der Waals surface area contributed by atoms with Gasteiger partial charge in [-0.3, -0.25) is 4.79 Å². The summed E-state index contributed by atoms with van der Waals surface area (Å²) >= 11 is 0. The molecule has 2 rings (SSSR count). The number of carbonyl (C=O) groups excluding carboxylic acids is 1. The van der Waals surface area contributed by atoms with Crippen molar-refractivity contribution < 1.29 is 14.6 Å². The quantitative estimate of drug-likeness (QED) is 0.896. The molecular weight excluding hydrogens is 254 g/mol. The summed E-state index contributed by atoms with van der Waals surface area (Å²) in [6.45, 7) is 5.27. The fourth-order valence-electron chi connectivity index (χ4n) is 2.63. The molecule has 110 valence electrons. The number of ether oxygens (including phenoxy) is 1. The molecule has 20 heavy (non-hydrogen) atoms. The minimum absolute atomic E-state index is 0.00297. The van der Waals surface area contributed by atoms with E-state index in [0.29, 0.717) is 13.0 Å². The number of carbonyl (C=O) groups is 1. The summed E-state index contributed by atoms with van der Waals surface area (Å²) in [5.74, 6) is 0.921. The summed E-state index contributed by atoms with van der Waals surface area (Å²) in [7, 11) is 0. The summed E-state index contributed by atoms with van der Waals surface area (Å²) in [6, 6.07) is 5.94. The van der Waals surface area contributed by atoms with E-state index in [1.54, 1.807) is 4.90 Å². The molecule has 1 heterocycles. The van der Waals surface area contributed by atoms with Crippen LogP contribution < -0.4 is 4.74 Å². The second-order valence-electron chi connectivity index (χ2n) is 5.36. The van der Waals surface area contributed by atoms with Gasteiger partial charge in [0.15, 0.2) is 0 Å². The normalized spacial score (nSPS) is 18.4. The van der Waals surface area contributed by atoms with Crippen LogP contribution in [0, 0.1) is 13.8 Å². The lowest BCUT2D eigenvalue weighted by Gasteiger charge is -2.23. The van der Waals surface area contributed by atoms with Crippen molar-refractivity contribution in [1.29, 1.82) is 0 Å². The van der Waals surface area contributed by atoms with Gasteiger partial charge < -0.3 is 14.7 Å². The standard InChI is InChI=1S/C16H23NO3/c1-12-5-3-7-15(13(12)2)20-10-8-16(19)17-9-4-6-14(17)11-18/h3,5,7,14,18H,4,6,8-11H2,1-2H3/t14-/m0/s1. The Kier molecular flexibility index (Phi) is 5.01. The number of nitrogens with zero attached hydrogens (tertiary/aromatic N) is 1. The van der Waals surface area contributed by atoms with Gasteiger partial charge in [0.2, 0.25) is 5.91 Å². The average molecular weight is 277 g/mol. The summed E-state index contributed by atoms with van der Waals surface area (Å²) in [6.07, 6.45) is 2.25. The first-order chi connectivity index (χ1) is 9.63. The molecule has 1 N–H and O–H groups in total. The molecule has 1 aromatic carbocycles. The second-order valence-corrected chi connectivity index (χ2v) is 5.36. The molecule has 0 unspecified atom stereocenters. The monoisotopic (exact) mass is 277 g/mol. The lowest BCUT2D eigenvalue weighted by Crippen LogP contribution is -2.38. The topological polar surface area (TPSA) is 49.8 Å². The number of likely N-dealkylation sites (tertiary alicyclic amines) is 1.